The molecule has 0 aliphatic carbocycles. The highest BCUT2D eigenvalue weighted by atomic mass is 19.3. The Morgan fingerprint density at radius 1 is 1.06 bits per heavy atom. The van der Waals surface area contributed by atoms with Crippen LogP contribution >= 0.6 is 0 Å². The summed E-state index contributed by atoms with van der Waals surface area (Å²) in [5.74, 6) is -1.18. The lowest BCUT2D eigenvalue weighted by atomic mass is 10.1. The number of rotatable bonds is 7. The van der Waals surface area contributed by atoms with Crippen LogP contribution in [0.2, 0.25) is 0 Å². The highest BCUT2D eigenvalue weighted by Crippen LogP contribution is 2.19. The molecule has 0 bridgehead atoms. The van der Waals surface area contributed by atoms with E-state index in [0.717, 1.165) is 5.56 Å². The molecule has 8 nitrogen and oxygen atoms in total. The first-order valence-electron chi connectivity index (χ1n) is 10.3. The van der Waals surface area contributed by atoms with Crippen LogP contribution in [-0.4, -0.2) is 73.5 Å². The van der Waals surface area contributed by atoms with E-state index in [4.69, 9.17) is 9.47 Å². The predicted octanol–water partition coefficient (Wildman–Crippen LogP) is 3.00. The standard InChI is InChI=1S/C23H25F2N3O5/c1-32-22(30)17-9-5-6-10-18(17)26-20(29)14-27-11-12-28(13-19(27)21(24)25)23(31)33-15-16-7-3-2-4-8-16/h2-10,19,21H,11-15H2,1H3,(H,26,29). The Hall–Kier alpha value is -3.53. The summed E-state index contributed by atoms with van der Waals surface area (Å²) >= 11 is 0. The predicted molar refractivity (Wildman–Crippen MR) is 116 cm³/mol. The van der Waals surface area contributed by atoms with Gasteiger partial charge >= 0.3 is 12.1 Å². The van der Waals surface area contributed by atoms with Gasteiger partial charge in [0.1, 0.15) is 6.61 Å². The summed E-state index contributed by atoms with van der Waals surface area (Å²) < 4.78 is 37.4. The number of ether oxygens (including phenoxy) is 2. The van der Waals surface area contributed by atoms with Crippen LogP contribution in [0.25, 0.3) is 0 Å². The first-order chi connectivity index (χ1) is 15.9. The van der Waals surface area contributed by atoms with E-state index in [1.165, 1.54) is 29.0 Å². The minimum atomic E-state index is -2.77. The van der Waals surface area contributed by atoms with Crippen molar-refractivity contribution in [3.63, 3.8) is 0 Å². The Balaban J connectivity index is 1.58. The number of methoxy groups -OCH3 is 1. The van der Waals surface area contributed by atoms with Gasteiger partial charge in [-0.3, -0.25) is 9.69 Å². The average Bonchev–Trinajstić information content (AvgIpc) is 2.83. The molecule has 1 atom stereocenters. The summed E-state index contributed by atoms with van der Waals surface area (Å²) in [6.45, 7) is -0.333. The number of benzene rings is 2. The minimum absolute atomic E-state index is 0.0429. The number of alkyl halides is 2. The first kappa shape index (κ1) is 24.1. The van der Waals surface area contributed by atoms with Crippen molar-refractivity contribution in [1.29, 1.82) is 0 Å². The molecular formula is C23H25F2N3O5. The lowest BCUT2D eigenvalue weighted by Crippen LogP contribution is -2.58. The fraction of sp³-hybridized carbons (Fsp3) is 0.348. The minimum Gasteiger partial charge on any atom is -0.465 e. The van der Waals surface area contributed by atoms with Crippen molar-refractivity contribution in [1.82, 2.24) is 9.80 Å². The molecule has 1 fully saturated rings. The van der Waals surface area contributed by atoms with Crippen molar-refractivity contribution in [2.45, 2.75) is 19.1 Å². The number of carbonyl (C=O) groups is 3. The number of halogens is 2. The van der Waals surface area contributed by atoms with Crippen LogP contribution in [0.1, 0.15) is 15.9 Å². The van der Waals surface area contributed by atoms with Gasteiger partial charge in [-0.1, -0.05) is 42.5 Å². The van der Waals surface area contributed by atoms with Crippen LogP contribution in [0.4, 0.5) is 19.3 Å². The SMILES string of the molecule is COC(=O)c1ccccc1NC(=O)CN1CCN(C(=O)OCc2ccccc2)CC1C(F)F. The van der Waals surface area contributed by atoms with Crippen LogP contribution in [0, 0.1) is 0 Å². The number of anilines is 1. The number of amides is 2. The van der Waals surface area contributed by atoms with Gasteiger partial charge in [-0.25, -0.2) is 18.4 Å². The molecule has 3 rings (SSSR count). The maximum absolute atomic E-state index is 13.7. The molecule has 1 heterocycles. The zero-order chi connectivity index (χ0) is 23.8. The van der Waals surface area contributed by atoms with E-state index < -0.39 is 30.4 Å². The van der Waals surface area contributed by atoms with Gasteiger partial charge in [0.25, 0.3) is 6.43 Å². The molecule has 2 aromatic rings. The van der Waals surface area contributed by atoms with Crippen molar-refractivity contribution in [3.8, 4) is 0 Å². The van der Waals surface area contributed by atoms with E-state index in [2.05, 4.69) is 5.32 Å². The Labute approximate surface area is 190 Å². The number of para-hydroxylation sites is 1. The second-order valence-corrected chi connectivity index (χ2v) is 7.44. The van der Waals surface area contributed by atoms with Gasteiger partial charge in [-0.2, -0.15) is 0 Å². The highest BCUT2D eigenvalue weighted by molar-refractivity contribution is 6.01. The molecule has 1 saturated heterocycles. The van der Waals surface area contributed by atoms with Gasteiger partial charge in [0, 0.05) is 19.6 Å². The molecule has 1 N–H and O–H groups in total. The molecule has 0 radical (unpaired) electrons. The van der Waals surface area contributed by atoms with Gasteiger partial charge < -0.3 is 19.7 Å². The number of nitrogens with one attached hydrogen (secondary N) is 1. The molecule has 2 aromatic carbocycles. The zero-order valence-corrected chi connectivity index (χ0v) is 18.1. The second-order valence-electron chi connectivity index (χ2n) is 7.44. The van der Waals surface area contributed by atoms with Gasteiger partial charge in [0.15, 0.2) is 0 Å². The van der Waals surface area contributed by atoms with Gasteiger partial charge in [-0.05, 0) is 17.7 Å². The molecule has 1 aliphatic heterocycles. The molecule has 176 valence electrons. The van der Waals surface area contributed by atoms with Crippen LogP contribution < -0.4 is 5.32 Å². The normalized spacial score (nSPS) is 16.4. The third-order valence-corrected chi connectivity index (χ3v) is 5.24. The van der Waals surface area contributed by atoms with E-state index in [1.54, 1.807) is 24.3 Å². The fourth-order valence-corrected chi connectivity index (χ4v) is 3.51. The molecule has 0 aromatic heterocycles. The molecule has 1 unspecified atom stereocenters. The Morgan fingerprint density at radius 3 is 2.45 bits per heavy atom. The Morgan fingerprint density at radius 2 is 1.76 bits per heavy atom. The highest BCUT2D eigenvalue weighted by Gasteiger charge is 2.36. The zero-order valence-electron chi connectivity index (χ0n) is 18.1. The third kappa shape index (κ3) is 6.48. The summed E-state index contributed by atoms with van der Waals surface area (Å²) in [7, 11) is 1.22. The molecular weight excluding hydrogens is 436 g/mol. The van der Waals surface area contributed by atoms with Crippen LogP contribution in [0.3, 0.4) is 0 Å². The second kappa shape index (κ2) is 11.4. The molecule has 33 heavy (non-hydrogen) atoms. The van der Waals surface area contributed by atoms with Gasteiger partial charge in [0.05, 0.1) is 30.9 Å². The molecule has 2 amide bonds. The lowest BCUT2D eigenvalue weighted by Gasteiger charge is -2.40. The number of piperazine rings is 1. The first-order valence-corrected chi connectivity index (χ1v) is 10.3. The maximum atomic E-state index is 13.7. The number of hydrogen-bond donors (Lipinski definition) is 1. The quantitative estimate of drug-likeness (QED) is 0.638. The van der Waals surface area contributed by atoms with Gasteiger partial charge in [0.2, 0.25) is 5.91 Å². The van der Waals surface area contributed by atoms with Crippen LogP contribution in [-0.2, 0) is 20.9 Å². The van der Waals surface area contributed by atoms with Crippen LogP contribution in [0.5, 0.6) is 0 Å². The average molecular weight is 461 g/mol. The smallest absolute Gasteiger partial charge is 0.410 e. The van der Waals surface area contributed by atoms with E-state index in [1.807, 2.05) is 18.2 Å². The Bertz CT molecular complexity index is 974. The molecule has 0 saturated carbocycles. The van der Waals surface area contributed by atoms with Crippen molar-refractivity contribution in [2.75, 3.05) is 38.6 Å². The fourth-order valence-electron chi connectivity index (χ4n) is 3.51. The summed E-state index contributed by atoms with van der Waals surface area (Å²) in [5.41, 5.74) is 1.18. The van der Waals surface area contributed by atoms with E-state index in [-0.39, 0.29) is 44.0 Å². The van der Waals surface area contributed by atoms with Crippen LogP contribution in [0.15, 0.2) is 54.6 Å². The maximum Gasteiger partial charge on any atom is 0.410 e. The largest absolute Gasteiger partial charge is 0.465 e. The van der Waals surface area contributed by atoms with Crippen molar-refractivity contribution >= 4 is 23.7 Å². The third-order valence-electron chi connectivity index (χ3n) is 5.24. The molecule has 1 aliphatic rings. The van der Waals surface area contributed by atoms with E-state index >= 15 is 0 Å². The lowest BCUT2D eigenvalue weighted by molar-refractivity contribution is -0.119. The summed E-state index contributed by atoms with van der Waals surface area (Å²) in [4.78, 5) is 39.3. The molecule has 10 heteroatoms. The van der Waals surface area contributed by atoms with Crippen molar-refractivity contribution in [2.24, 2.45) is 0 Å². The summed E-state index contributed by atoms with van der Waals surface area (Å²) in [5, 5.41) is 2.57. The topological polar surface area (TPSA) is 88.2 Å². The number of nitrogens with zero attached hydrogens (tertiary/aromatic N) is 2. The summed E-state index contributed by atoms with van der Waals surface area (Å²) in [6, 6.07) is 14.0. The van der Waals surface area contributed by atoms with Crippen molar-refractivity contribution < 1.29 is 32.6 Å². The van der Waals surface area contributed by atoms with Gasteiger partial charge in [-0.15, -0.1) is 0 Å². The van der Waals surface area contributed by atoms with E-state index in [0.29, 0.717) is 0 Å². The van der Waals surface area contributed by atoms with Crippen molar-refractivity contribution in [3.05, 3.63) is 65.7 Å². The van der Waals surface area contributed by atoms with E-state index in [9.17, 15) is 23.2 Å². The number of hydrogen-bond acceptors (Lipinski definition) is 6. The number of esters is 1. The summed E-state index contributed by atoms with van der Waals surface area (Å²) in [6.07, 6.45) is -3.45. The Kier molecular flexibility index (Phi) is 8.31. The monoisotopic (exact) mass is 461 g/mol. The number of carbonyl (C=O) groups excluding carboxylic acids is 3. The molecule has 0 spiro atoms.